The predicted octanol–water partition coefficient (Wildman–Crippen LogP) is 1.33. The van der Waals surface area contributed by atoms with Crippen LogP contribution in [0.1, 0.15) is 12.5 Å². The van der Waals surface area contributed by atoms with E-state index in [1.165, 1.54) is 0 Å². The van der Waals surface area contributed by atoms with Gasteiger partial charge in [0.2, 0.25) is 6.10 Å². The summed E-state index contributed by atoms with van der Waals surface area (Å²) in [6.45, 7) is 2.02. The molecule has 1 heterocycles. The Balaban J connectivity index is 2.00. The van der Waals surface area contributed by atoms with Gasteiger partial charge < -0.3 is 9.47 Å². The Kier molecular flexibility index (Phi) is 3.42. The van der Waals surface area contributed by atoms with Crippen LogP contribution >= 0.6 is 0 Å². The number of esters is 2. The summed E-state index contributed by atoms with van der Waals surface area (Å²) in [7, 11) is 0. The lowest BCUT2D eigenvalue weighted by molar-refractivity contribution is -0.197. The third-order valence-corrected chi connectivity index (χ3v) is 2.73. The van der Waals surface area contributed by atoms with Crippen molar-refractivity contribution >= 4 is 11.9 Å². The Hall–Kier alpha value is -1.84. The summed E-state index contributed by atoms with van der Waals surface area (Å²) in [6.07, 6.45) is -0.217. The van der Waals surface area contributed by atoms with Crippen LogP contribution in [0, 0.1) is 5.92 Å². The molecule has 1 fully saturated rings. The van der Waals surface area contributed by atoms with Crippen LogP contribution in [0.5, 0.6) is 0 Å². The van der Waals surface area contributed by atoms with Gasteiger partial charge in [-0.05, 0) is 18.9 Å². The molecule has 0 aromatic heterocycles. The zero-order chi connectivity index (χ0) is 12.3. The smallest absolute Gasteiger partial charge is 0.348 e. The van der Waals surface area contributed by atoms with Gasteiger partial charge in [0, 0.05) is 0 Å². The molecule has 2 atom stereocenters. The zero-order valence-electron chi connectivity index (χ0n) is 9.59. The molecule has 0 amide bonds. The van der Waals surface area contributed by atoms with Gasteiger partial charge in [-0.15, -0.1) is 0 Å². The summed E-state index contributed by atoms with van der Waals surface area (Å²) in [6, 6.07) is 9.56. The molecule has 4 heteroatoms. The normalized spacial score (nSPS) is 22.5. The molecule has 0 unspecified atom stereocenters. The van der Waals surface area contributed by atoms with Crippen LogP contribution in [0.15, 0.2) is 30.3 Å². The van der Waals surface area contributed by atoms with Crippen LogP contribution in [0.3, 0.4) is 0 Å². The third-order valence-electron chi connectivity index (χ3n) is 2.73. The molecule has 0 radical (unpaired) electrons. The van der Waals surface area contributed by atoms with E-state index in [1.807, 2.05) is 30.3 Å². The summed E-state index contributed by atoms with van der Waals surface area (Å²) in [5.41, 5.74) is 1.02. The van der Waals surface area contributed by atoms with Gasteiger partial charge in [0.25, 0.3) is 0 Å². The van der Waals surface area contributed by atoms with Crippen LogP contribution in [-0.4, -0.2) is 24.6 Å². The number of hydrogen-bond acceptors (Lipinski definition) is 4. The van der Waals surface area contributed by atoms with E-state index in [1.54, 1.807) is 6.92 Å². The average Bonchev–Trinajstić information content (AvgIpc) is 2.34. The van der Waals surface area contributed by atoms with Gasteiger partial charge >= 0.3 is 11.9 Å². The number of hydrogen-bond donors (Lipinski definition) is 0. The van der Waals surface area contributed by atoms with Gasteiger partial charge in [-0.1, -0.05) is 30.3 Å². The van der Waals surface area contributed by atoms with E-state index in [-0.39, 0.29) is 5.97 Å². The molecular weight excluding hydrogens is 220 g/mol. The zero-order valence-corrected chi connectivity index (χ0v) is 9.59. The van der Waals surface area contributed by atoms with Crippen LogP contribution in [0.2, 0.25) is 0 Å². The summed E-state index contributed by atoms with van der Waals surface area (Å²) < 4.78 is 9.67. The minimum absolute atomic E-state index is 0.297. The summed E-state index contributed by atoms with van der Waals surface area (Å²) >= 11 is 0. The largest absolute Gasteiger partial charge is 0.463 e. The van der Waals surface area contributed by atoms with Crippen LogP contribution < -0.4 is 0 Å². The third kappa shape index (κ3) is 2.46. The number of cyclic esters (lactones) is 1. The maximum atomic E-state index is 11.5. The standard InChI is InChI=1S/C13H14O4/c1-2-16-13(15)11-10(12(14)17-11)8-9-6-4-3-5-7-9/h3-7,10-11H,2,8H2,1H3/t10-,11+/m0/s1. The molecule has 0 bridgehead atoms. The molecule has 0 N–H and O–H groups in total. The second-order valence-electron chi connectivity index (χ2n) is 3.91. The molecule has 0 spiro atoms. The summed E-state index contributed by atoms with van der Waals surface area (Å²) in [4.78, 5) is 22.8. The highest BCUT2D eigenvalue weighted by molar-refractivity contribution is 5.91. The van der Waals surface area contributed by atoms with Crippen molar-refractivity contribution in [2.45, 2.75) is 19.4 Å². The Morgan fingerprint density at radius 3 is 2.65 bits per heavy atom. The monoisotopic (exact) mass is 234 g/mol. The highest BCUT2D eigenvalue weighted by Gasteiger charge is 2.47. The van der Waals surface area contributed by atoms with Gasteiger partial charge in [-0.3, -0.25) is 4.79 Å². The highest BCUT2D eigenvalue weighted by Crippen LogP contribution is 2.27. The highest BCUT2D eigenvalue weighted by atomic mass is 16.6. The number of rotatable bonds is 4. The average molecular weight is 234 g/mol. The lowest BCUT2D eigenvalue weighted by Crippen LogP contribution is -2.51. The summed E-state index contributed by atoms with van der Waals surface area (Å²) in [5, 5.41) is 0. The van der Waals surface area contributed by atoms with Crippen LogP contribution in [0.25, 0.3) is 0 Å². The maximum Gasteiger partial charge on any atom is 0.348 e. The van der Waals surface area contributed by atoms with Crippen molar-refractivity contribution in [2.24, 2.45) is 5.92 Å². The first kappa shape index (κ1) is 11.6. The molecule has 1 aromatic rings. The van der Waals surface area contributed by atoms with E-state index in [0.717, 1.165) is 5.56 Å². The number of benzene rings is 1. The first-order chi connectivity index (χ1) is 8.22. The molecular formula is C13H14O4. The molecule has 0 aliphatic carbocycles. The molecule has 1 saturated heterocycles. The molecule has 1 aromatic carbocycles. The van der Waals surface area contributed by atoms with E-state index in [4.69, 9.17) is 9.47 Å². The van der Waals surface area contributed by atoms with Gasteiger partial charge in [0.1, 0.15) is 5.92 Å². The fraction of sp³-hybridized carbons (Fsp3) is 0.385. The number of carbonyl (C=O) groups is 2. The SMILES string of the molecule is CCOC(=O)[C@@H]1OC(=O)[C@H]1Cc1ccccc1. The topological polar surface area (TPSA) is 52.6 Å². The fourth-order valence-electron chi connectivity index (χ4n) is 1.84. The lowest BCUT2D eigenvalue weighted by atomic mass is 9.90. The lowest BCUT2D eigenvalue weighted by Gasteiger charge is -2.33. The molecule has 1 aliphatic rings. The van der Waals surface area contributed by atoms with Crippen LogP contribution in [-0.2, 0) is 25.5 Å². The molecule has 2 rings (SSSR count). The fourth-order valence-corrected chi connectivity index (χ4v) is 1.84. The maximum absolute atomic E-state index is 11.5. The van der Waals surface area contributed by atoms with Crippen molar-refractivity contribution < 1.29 is 19.1 Å². The predicted molar refractivity (Wildman–Crippen MR) is 60.1 cm³/mol. The Morgan fingerprint density at radius 2 is 2.06 bits per heavy atom. The molecule has 0 saturated carbocycles. The molecule has 17 heavy (non-hydrogen) atoms. The minimum atomic E-state index is -0.734. The van der Waals surface area contributed by atoms with Crippen LogP contribution in [0.4, 0.5) is 0 Å². The van der Waals surface area contributed by atoms with Crippen molar-refractivity contribution in [2.75, 3.05) is 6.61 Å². The summed E-state index contributed by atoms with van der Waals surface area (Å²) in [5.74, 6) is -1.18. The second kappa shape index (κ2) is 4.99. The second-order valence-corrected chi connectivity index (χ2v) is 3.91. The van der Waals surface area contributed by atoms with Crippen molar-refractivity contribution in [3.63, 3.8) is 0 Å². The number of ether oxygens (including phenoxy) is 2. The minimum Gasteiger partial charge on any atom is -0.463 e. The molecule has 1 aliphatic heterocycles. The van der Waals surface area contributed by atoms with Crippen molar-refractivity contribution in [1.29, 1.82) is 0 Å². The Morgan fingerprint density at radius 1 is 1.35 bits per heavy atom. The van der Waals surface area contributed by atoms with Gasteiger partial charge in [-0.2, -0.15) is 0 Å². The van der Waals surface area contributed by atoms with E-state index in [0.29, 0.717) is 13.0 Å². The first-order valence-electron chi connectivity index (χ1n) is 5.63. The van der Waals surface area contributed by atoms with Crippen molar-refractivity contribution in [1.82, 2.24) is 0 Å². The van der Waals surface area contributed by atoms with E-state index in [9.17, 15) is 9.59 Å². The van der Waals surface area contributed by atoms with Crippen molar-refractivity contribution in [3.8, 4) is 0 Å². The first-order valence-corrected chi connectivity index (χ1v) is 5.63. The van der Waals surface area contributed by atoms with Gasteiger partial charge in [-0.25, -0.2) is 4.79 Å². The number of carbonyl (C=O) groups excluding carboxylic acids is 2. The van der Waals surface area contributed by atoms with E-state index >= 15 is 0 Å². The Labute approximate surface area is 99.5 Å². The molecule has 90 valence electrons. The quantitative estimate of drug-likeness (QED) is 0.737. The van der Waals surface area contributed by atoms with Gasteiger partial charge in [0.05, 0.1) is 6.61 Å². The van der Waals surface area contributed by atoms with E-state index in [2.05, 4.69) is 0 Å². The Bertz CT molecular complexity index is 413. The van der Waals surface area contributed by atoms with E-state index < -0.39 is 18.0 Å². The van der Waals surface area contributed by atoms with Crippen molar-refractivity contribution in [3.05, 3.63) is 35.9 Å². The van der Waals surface area contributed by atoms with Gasteiger partial charge in [0.15, 0.2) is 0 Å². The molecule has 4 nitrogen and oxygen atoms in total.